The fourth-order valence-electron chi connectivity index (χ4n) is 3.36. The molecule has 20 heavy (non-hydrogen) atoms. The largest absolute Gasteiger partial charge is 0.481 e. The lowest BCUT2D eigenvalue weighted by Crippen LogP contribution is -2.40. The number of aromatic nitrogens is 2. The first-order valence-electron chi connectivity index (χ1n) is 7.11. The van der Waals surface area contributed by atoms with Crippen molar-refractivity contribution in [3.8, 4) is 5.88 Å². The van der Waals surface area contributed by atoms with Crippen molar-refractivity contribution in [1.82, 2.24) is 15.3 Å². The molecule has 1 saturated carbocycles. The number of nitrogens with one attached hydrogen (secondary N) is 2. The number of carbonyl (C=O) groups is 1. The zero-order valence-electron chi connectivity index (χ0n) is 11.8. The summed E-state index contributed by atoms with van der Waals surface area (Å²) >= 11 is 0. The number of amides is 1. The van der Waals surface area contributed by atoms with Gasteiger partial charge in [0.1, 0.15) is 0 Å². The summed E-state index contributed by atoms with van der Waals surface area (Å²) in [6.07, 6.45) is 3.60. The zero-order valence-corrected chi connectivity index (χ0v) is 11.8. The Kier molecular flexibility index (Phi) is 3.56. The monoisotopic (exact) mass is 276 g/mol. The third-order valence-corrected chi connectivity index (χ3v) is 4.30. The molecular weight excluding hydrogens is 256 g/mol. The molecule has 1 aliphatic heterocycles. The Morgan fingerprint density at radius 2 is 2.30 bits per heavy atom. The van der Waals surface area contributed by atoms with Crippen LogP contribution in [0.25, 0.3) is 0 Å². The Morgan fingerprint density at radius 3 is 3.10 bits per heavy atom. The highest BCUT2D eigenvalue weighted by molar-refractivity contribution is 5.94. The molecule has 2 heterocycles. The predicted octanol–water partition coefficient (Wildman–Crippen LogP) is 1.12. The molecule has 108 valence electrons. The van der Waals surface area contributed by atoms with Gasteiger partial charge >= 0.3 is 0 Å². The van der Waals surface area contributed by atoms with Gasteiger partial charge in [-0.25, -0.2) is 4.98 Å². The molecule has 6 heteroatoms. The Balaban J connectivity index is 1.71. The molecule has 2 fully saturated rings. The number of hydrogen-bond acceptors (Lipinski definition) is 5. The van der Waals surface area contributed by atoms with Crippen molar-refractivity contribution in [2.24, 2.45) is 11.8 Å². The summed E-state index contributed by atoms with van der Waals surface area (Å²) in [6.45, 7) is 2.79. The number of fused-ring (bicyclic) bond motifs is 1. The molecule has 1 aliphatic carbocycles. The van der Waals surface area contributed by atoms with E-state index in [4.69, 9.17) is 4.74 Å². The van der Waals surface area contributed by atoms with Crippen molar-refractivity contribution in [3.05, 3.63) is 11.8 Å². The average Bonchev–Trinajstić information content (AvgIpc) is 2.99. The molecule has 0 aromatic carbocycles. The van der Waals surface area contributed by atoms with Crippen LogP contribution in [-0.2, 0) is 4.79 Å². The fraction of sp³-hybridized carbons (Fsp3) is 0.643. The topological polar surface area (TPSA) is 76.1 Å². The van der Waals surface area contributed by atoms with Gasteiger partial charge < -0.3 is 10.1 Å². The minimum Gasteiger partial charge on any atom is -0.481 e. The van der Waals surface area contributed by atoms with Gasteiger partial charge in [0, 0.05) is 11.8 Å². The Bertz CT molecular complexity index is 520. The lowest BCUT2D eigenvalue weighted by atomic mass is 9.94. The van der Waals surface area contributed by atoms with Crippen molar-refractivity contribution in [2.75, 3.05) is 19.0 Å². The van der Waals surface area contributed by atoms with Gasteiger partial charge in [-0.1, -0.05) is 6.42 Å². The van der Waals surface area contributed by atoms with Crippen LogP contribution in [0.5, 0.6) is 5.88 Å². The van der Waals surface area contributed by atoms with Crippen LogP contribution >= 0.6 is 0 Å². The molecule has 1 aromatic rings. The summed E-state index contributed by atoms with van der Waals surface area (Å²) in [5, 5.41) is 6.13. The van der Waals surface area contributed by atoms with Crippen LogP contribution < -0.4 is 15.4 Å². The number of methoxy groups -OCH3 is 1. The van der Waals surface area contributed by atoms with E-state index in [9.17, 15) is 4.79 Å². The van der Waals surface area contributed by atoms with Crippen molar-refractivity contribution < 1.29 is 9.53 Å². The normalized spacial score (nSPS) is 28.2. The molecule has 1 saturated heterocycles. The predicted molar refractivity (Wildman–Crippen MR) is 74.6 cm³/mol. The first-order valence-corrected chi connectivity index (χ1v) is 7.11. The van der Waals surface area contributed by atoms with E-state index in [0.29, 0.717) is 23.7 Å². The smallest absolute Gasteiger partial charge is 0.244 e. The average molecular weight is 276 g/mol. The van der Waals surface area contributed by atoms with Crippen LogP contribution in [0.2, 0.25) is 0 Å². The highest BCUT2D eigenvalue weighted by Crippen LogP contribution is 2.37. The first-order chi connectivity index (χ1) is 9.67. The number of hydrogen-bond donors (Lipinski definition) is 2. The number of ether oxygens (including phenoxy) is 1. The van der Waals surface area contributed by atoms with Crippen LogP contribution in [0.4, 0.5) is 5.95 Å². The van der Waals surface area contributed by atoms with Crippen LogP contribution in [0.1, 0.15) is 25.0 Å². The fourth-order valence-corrected chi connectivity index (χ4v) is 3.36. The molecule has 0 bridgehead atoms. The summed E-state index contributed by atoms with van der Waals surface area (Å²) in [7, 11) is 1.55. The van der Waals surface area contributed by atoms with E-state index in [0.717, 1.165) is 18.7 Å². The second-order valence-corrected chi connectivity index (χ2v) is 5.61. The molecule has 6 nitrogen and oxygen atoms in total. The van der Waals surface area contributed by atoms with E-state index in [2.05, 4.69) is 20.6 Å². The van der Waals surface area contributed by atoms with Gasteiger partial charge in [-0.2, -0.15) is 4.98 Å². The third-order valence-electron chi connectivity index (χ3n) is 4.30. The minimum absolute atomic E-state index is 0.0351. The van der Waals surface area contributed by atoms with Gasteiger partial charge in [0.05, 0.1) is 13.2 Å². The number of rotatable bonds is 3. The Morgan fingerprint density at radius 1 is 1.45 bits per heavy atom. The zero-order chi connectivity index (χ0) is 14.1. The number of anilines is 1. The second-order valence-electron chi connectivity index (χ2n) is 5.61. The highest BCUT2D eigenvalue weighted by Gasteiger charge is 2.42. The standard InChI is InChI=1S/C14H20N4O2/c1-8-6-11(20-2)17-14(16-8)18-13(19)12-10-5-3-4-9(10)7-15-12/h6,9-10,12,15H,3-5,7H2,1-2H3,(H,16,17,18,19). The van der Waals surface area contributed by atoms with Crippen molar-refractivity contribution in [1.29, 1.82) is 0 Å². The van der Waals surface area contributed by atoms with Crippen LogP contribution in [-0.4, -0.2) is 35.6 Å². The summed E-state index contributed by atoms with van der Waals surface area (Å²) in [4.78, 5) is 20.8. The van der Waals surface area contributed by atoms with Crippen LogP contribution in [0.3, 0.4) is 0 Å². The molecule has 1 aromatic heterocycles. The van der Waals surface area contributed by atoms with E-state index >= 15 is 0 Å². The highest BCUT2D eigenvalue weighted by atomic mass is 16.5. The van der Waals surface area contributed by atoms with Crippen molar-refractivity contribution in [2.45, 2.75) is 32.2 Å². The number of carbonyl (C=O) groups excluding carboxylic acids is 1. The molecule has 3 rings (SSSR count). The van der Waals surface area contributed by atoms with E-state index in [1.807, 2.05) is 6.92 Å². The molecule has 0 spiro atoms. The van der Waals surface area contributed by atoms with Gasteiger partial charge in [-0.15, -0.1) is 0 Å². The van der Waals surface area contributed by atoms with Gasteiger partial charge in [0.25, 0.3) is 0 Å². The maximum atomic E-state index is 12.4. The summed E-state index contributed by atoms with van der Waals surface area (Å²) in [5.74, 6) is 1.86. The Hall–Kier alpha value is -1.69. The molecular formula is C14H20N4O2. The maximum Gasteiger partial charge on any atom is 0.244 e. The molecule has 3 atom stereocenters. The van der Waals surface area contributed by atoms with E-state index in [1.54, 1.807) is 13.2 Å². The van der Waals surface area contributed by atoms with Gasteiger partial charge in [-0.05, 0) is 38.1 Å². The van der Waals surface area contributed by atoms with Crippen LogP contribution in [0, 0.1) is 18.8 Å². The van der Waals surface area contributed by atoms with E-state index in [1.165, 1.54) is 12.8 Å². The van der Waals surface area contributed by atoms with Gasteiger partial charge in [0.2, 0.25) is 17.7 Å². The summed E-state index contributed by atoms with van der Waals surface area (Å²) in [5.41, 5.74) is 0.769. The Labute approximate surface area is 118 Å². The van der Waals surface area contributed by atoms with Crippen molar-refractivity contribution >= 4 is 11.9 Å². The molecule has 2 aliphatic rings. The quantitative estimate of drug-likeness (QED) is 0.865. The van der Waals surface area contributed by atoms with Gasteiger partial charge in [-0.3, -0.25) is 10.1 Å². The molecule has 0 radical (unpaired) electrons. The third kappa shape index (κ3) is 2.47. The minimum atomic E-state index is -0.113. The number of nitrogens with zero attached hydrogens (tertiary/aromatic N) is 2. The number of aryl methyl sites for hydroxylation is 1. The molecule has 3 unspecified atom stereocenters. The van der Waals surface area contributed by atoms with E-state index in [-0.39, 0.29) is 11.9 Å². The SMILES string of the molecule is COc1cc(C)nc(NC(=O)C2NCC3CCCC32)n1. The summed E-state index contributed by atoms with van der Waals surface area (Å²) < 4.78 is 5.09. The van der Waals surface area contributed by atoms with Gasteiger partial charge in [0.15, 0.2) is 0 Å². The van der Waals surface area contributed by atoms with Crippen molar-refractivity contribution in [3.63, 3.8) is 0 Å². The van der Waals surface area contributed by atoms with Crippen LogP contribution in [0.15, 0.2) is 6.07 Å². The lowest BCUT2D eigenvalue weighted by molar-refractivity contribution is -0.118. The molecule has 1 amide bonds. The summed E-state index contributed by atoms with van der Waals surface area (Å²) in [6, 6.07) is 1.62. The second kappa shape index (κ2) is 5.36. The lowest BCUT2D eigenvalue weighted by Gasteiger charge is -2.17. The van der Waals surface area contributed by atoms with E-state index < -0.39 is 0 Å². The first kappa shape index (κ1) is 13.3. The maximum absolute atomic E-state index is 12.4. The molecule has 2 N–H and O–H groups in total.